The van der Waals surface area contributed by atoms with Gasteiger partial charge in [0.25, 0.3) is 0 Å². The van der Waals surface area contributed by atoms with E-state index in [2.05, 4.69) is 25.2 Å². The molecule has 3 heterocycles. The predicted molar refractivity (Wildman–Crippen MR) is 105 cm³/mol. The Bertz CT molecular complexity index is 831. The number of amides is 1. The summed E-state index contributed by atoms with van der Waals surface area (Å²) in [6.45, 7) is 4.76. The molecule has 0 bridgehead atoms. The molecule has 1 amide bonds. The van der Waals surface area contributed by atoms with Crippen LogP contribution in [0.4, 0.5) is 11.6 Å². The van der Waals surface area contributed by atoms with Crippen molar-refractivity contribution < 1.29 is 4.79 Å². The maximum atomic E-state index is 13.0. The number of carbonyl (C=O) groups excluding carboxylic acids is 1. The van der Waals surface area contributed by atoms with Crippen LogP contribution in [0.25, 0.3) is 0 Å². The van der Waals surface area contributed by atoms with Gasteiger partial charge in [0, 0.05) is 24.7 Å². The van der Waals surface area contributed by atoms with Gasteiger partial charge in [0.05, 0.1) is 11.7 Å². The van der Waals surface area contributed by atoms with Crippen molar-refractivity contribution in [3.8, 4) is 0 Å². The SMILES string of the molecule is Cc1nc(Nc2ncccc2C)cc([C@@H]2CCCN2C(=O)C2CCCC2)n1. The topological polar surface area (TPSA) is 71.0 Å². The number of likely N-dealkylation sites (tertiary alicyclic amines) is 1. The van der Waals surface area contributed by atoms with E-state index in [0.29, 0.717) is 11.7 Å². The van der Waals surface area contributed by atoms with Crippen molar-refractivity contribution in [1.82, 2.24) is 19.9 Å². The molecule has 0 unspecified atom stereocenters. The Labute approximate surface area is 160 Å². The minimum atomic E-state index is 0.0604. The van der Waals surface area contributed by atoms with Crippen LogP contribution in [0, 0.1) is 19.8 Å². The smallest absolute Gasteiger partial charge is 0.226 e. The summed E-state index contributed by atoms with van der Waals surface area (Å²) >= 11 is 0. The van der Waals surface area contributed by atoms with Gasteiger partial charge in [-0.2, -0.15) is 0 Å². The number of nitrogens with one attached hydrogen (secondary N) is 1. The summed E-state index contributed by atoms with van der Waals surface area (Å²) in [5.41, 5.74) is 2.00. The third-order valence-electron chi connectivity index (χ3n) is 5.70. The van der Waals surface area contributed by atoms with Gasteiger partial charge in [-0.05, 0) is 51.2 Å². The molecule has 1 atom stereocenters. The van der Waals surface area contributed by atoms with Crippen LogP contribution >= 0.6 is 0 Å². The monoisotopic (exact) mass is 365 g/mol. The Morgan fingerprint density at radius 1 is 1.15 bits per heavy atom. The van der Waals surface area contributed by atoms with E-state index in [1.165, 1.54) is 12.8 Å². The Balaban J connectivity index is 1.58. The van der Waals surface area contributed by atoms with E-state index in [0.717, 1.165) is 55.1 Å². The lowest BCUT2D eigenvalue weighted by atomic mass is 10.0. The molecule has 2 fully saturated rings. The van der Waals surface area contributed by atoms with E-state index in [1.807, 2.05) is 32.0 Å². The molecule has 0 aromatic carbocycles. The number of aryl methyl sites for hydroxylation is 2. The van der Waals surface area contributed by atoms with Crippen LogP contribution < -0.4 is 5.32 Å². The Kier molecular flexibility index (Phi) is 5.05. The zero-order valence-electron chi connectivity index (χ0n) is 16.1. The minimum absolute atomic E-state index is 0.0604. The largest absolute Gasteiger partial charge is 0.334 e. The predicted octanol–water partition coefficient (Wildman–Crippen LogP) is 4.09. The maximum absolute atomic E-state index is 13.0. The molecule has 1 aliphatic carbocycles. The van der Waals surface area contributed by atoms with Crippen LogP contribution in [-0.2, 0) is 4.79 Å². The molecule has 0 spiro atoms. The Hall–Kier alpha value is -2.50. The number of aromatic nitrogens is 3. The quantitative estimate of drug-likeness (QED) is 0.884. The molecule has 1 saturated heterocycles. The summed E-state index contributed by atoms with van der Waals surface area (Å²) in [4.78, 5) is 28.6. The summed E-state index contributed by atoms with van der Waals surface area (Å²) in [6.07, 6.45) is 8.21. The van der Waals surface area contributed by atoms with Gasteiger partial charge < -0.3 is 10.2 Å². The Morgan fingerprint density at radius 2 is 1.96 bits per heavy atom. The molecule has 6 nitrogen and oxygen atoms in total. The highest BCUT2D eigenvalue weighted by Gasteiger charge is 2.35. The number of rotatable bonds is 4. The first-order valence-electron chi connectivity index (χ1n) is 9.96. The van der Waals surface area contributed by atoms with Gasteiger partial charge in [0.15, 0.2) is 0 Å². The highest BCUT2D eigenvalue weighted by atomic mass is 16.2. The van der Waals surface area contributed by atoms with E-state index in [4.69, 9.17) is 0 Å². The van der Waals surface area contributed by atoms with Crippen molar-refractivity contribution in [3.05, 3.63) is 41.5 Å². The molecule has 1 N–H and O–H groups in total. The standard InChI is InChI=1S/C21H27N5O/c1-14-7-5-11-22-20(14)25-19-13-17(23-15(2)24-19)18-10-6-12-26(18)21(27)16-8-3-4-9-16/h5,7,11,13,16,18H,3-4,6,8-10,12H2,1-2H3,(H,22,23,24,25)/t18-/m0/s1. The summed E-state index contributed by atoms with van der Waals surface area (Å²) in [5, 5.41) is 3.31. The number of carbonyl (C=O) groups is 1. The van der Waals surface area contributed by atoms with Gasteiger partial charge in [-0.1, -0.05) is 18.9 Å². The average Bonchev–Trinajstić information content (AvgIpc) is 3.35. The van der Waals surface area contributed by atoms with E-state index in [9.17, 15) is 4.79 Å². The second kappa shape index (κ2) is 7.62. The fraction of sp³-hybridized carbons (Fsp3) is 0.524. The number of hydrogen-bond donors (Lipinski definition) is 1. The van der Waals surface area contributed by atoms with Crippen molar-refractivity contribution in [2.75, 3.05) is 11.9 Å². The van der Waals surface area contributed by atoms with Crippen LogP contribution in [0.1, 0.15) is 61.6 Å². The van der Waals surface area contributed by atoms with Gasteiger partial charge >= 0.3 is 0 Å². The van der Waals surface area contributed by atoms with Crippen molar-refractivity contribution in [2.24, 2.45) is 5.92 Å². The van der Waals surface area contributed by atoms with E-state index < -0.39 is 0 Å². The molecule has 6 heteroatoms. The summed E-state index contributed by atoms with van der Waals surface area (Å²) in [5.74, 6) is 2.78. The van der Waals surface area contributed by atoms with Crippen molar-refractivity contribution in [3.63, 3.8) is 0 Å². The molecule has 142 valence electrons. The zero-order chi connectivity index (χ0) is 18.8. The zero-order valence-corrected chi connectivity index (χ0v) is 16.1. The van der Waals surface area contributed by atoms with Crippen LogP contribution in [0.3, 0.4) is 0 Å². The number of anilines is 2. The molecule has 1 aliphatic heterocycles. The van der Waals surface area contributed by atoms with Gasteiger partial charge in [0.1, 0.15) is 17.5 Å². The molecular formula is C21H27N5O. The van der Waals surface area contributed by atoms with E-state index in [1.54, 1.807) is 6.20 Å². The van der Waals surface area contributed by atoms with Crippen molar-refractivity contribution in [1.29, 1.82) is 0 Å². The van der Waals surface area contributed by atoms with E-state index >= 15 is 0 Å². The van der Waals surface area contributed by atoms with Gasteiger partial charge in [-0.25, -0.2) is 15.0 Å². The maximum Gasteiger partial charge on any atom is 0.226 e. The fourth-order valence-electron chi connectivity index (χ4n) is 4.31. The molecule has 2 aliphatic rings. The van der Waals surface area contributed by atoms with Crippen LogP contribution in [-0.4, -0.2) is 32.3 Å². The van der Waals surface area contributed by atoms with Gasteiger partial charge in [-0.3, -0.25) is 4.79 Å². The first-order chi connectivity index (χ1) is 13.1. The molecule has 2 aromatic heterocycles. The van der Waals surface area contributed by atoms with Gasteiger partial charge in [0.2, 0.25) is 5.91 Å². The van der Waals surface area contributed by atoms with Crippen molar-refractivity contribution >= 4 is 17.5 Å². The Morgan fingerprint density at radius 3 is 2.74 bits per heavy atom. The normalized spacial score (nSPS) is 20.2. The van der Waals surface area contributed by atoms with Crippen LogP contribution in [0.5, 0.6) is 0 Å². The second-order valence-electron chi connectivity index (χ2n) is 7.69. The van der Waals surface area contributed by atoms with Crippen LogP contribution in [0.2, 0.25) is 0 Å². The molecule has 4 rings (SSSR count). The lowest BCUT2D eigenvalue weighted by Crippen LogP contribution is -2.35. The third kappa shape index (κ3) is 3.80. The summed E-state index contributed by atoms with van der Waals surface area (Å²) in [7, 11) is 0. The first kappa shape index (κ1) is 17.9. The lowest BCUT2D eigenvalue weighted by molar-refractivity contribution is -0.136. The highest BCUT2D eigenvalue weighted by Crippen LogP contribution is 2.36. The number of hydrogen-bond acceptors (Lipinski definition) is 5. The number of pyridine rings is 1. The molecule has 0 radical (unpaired) electrons. The van der Waals surface area contributed by atoms with E-state index in [-0.39, 0.29) is 12.0 Å². The summed E-state index contributed by atoms with van der Waals surface area (Å²) < 4.78 is 0. The number of nitrogens with zero attached hydrogens (tertiary/aromatic N) is 4. The van der Waals surface area contributed by atoms with Gasteiger partial charge in [-0.15, -0.1) is 0 Å². The highest BCUT2D eigenvalue weighted by molar-refractivity contribution is 5.80. The first-order valence-corrected chi connectivity index (χ1v) is 9.96. The lowest BCUT2D eigenvalue weighted by Gasteiger charge is -2.27. The third-order valence-corrected chi connectivity index (χ3v) is 5.70. The minimum Gasteiger partial charge on any atom is -0.334 e. The van der Waals surface area contributed by atoms with Crippen molar-refractivity contribution in [2.45, 2.75) is 58.4 Å². The molecule has 2 aromatic rings. The second-order valence-corrected chi connectivity index (χ2v) is 7.69. The molecular weight excluding hydrogens is 338 g/mol. The summed E-state index contributed by atoms with van der Waals surface area (Å²) in [6, 6.07) is 5.97. The molecule has 1 saturated carbocycles. The average molecular weight is 365 g/mol. The van der Waals surface area contributed by atoms with Crippen LogP contribution in [0.15, 0.2) is 24.4 Å². The fourth-order valence-corrected chi connectivity index (χ4v) is 4.31. The molecule has 27 heavy (non-hydrogen) atoms.